The Labute approximate surface area is 119 Å². The predicted molar refractivity (Wildman–Crippen MR) is 78.6 cm³/mol. The number of amides is 1. The molecule has 4 nitrogen and oxygen atoms in total. The van der Waals surface area contributed by atoms with Crippen molar-refractivity contribution in [2.24, 2.45) is 5.92 Å². The van der Waals surface area contributed by atoms with Gasteiger partial charge in [-0.1, -0.05) is 24.6 Å². The molecule has 1 rings (SSSR count). The second-order valence-corrected chi connectivity index (χ2v) is 5.19. The van der Waals surface area contributed by atoms with Crippen LogP contribution in [0.3, 0.4) is 0 Å². The summed E-state index contributed by atoms with van der Waals surface area (Å²) in [7, 11) is 0. The Kier molecular flexibility index (Phi) is 6.84. The van der Waals surface area contributed by atoms with Crippen molar-refractivity contribution in [2.75, 3.05) is 25.0 Å². The van der Waals surface area contributed by atoms with E-state index in [-0.39, 0.29) is 19.1 Å². The average molecular weight is 285 g/mol. The lowest BCUT2D eigenvalue weighted by Gasteiger charge is -2.12. The van der Waals surface area contributed by atoms with Gasteiger partial charge in [-0.2, -0.15) is 0 Å². The summed E-state index contributed by atoms with van der Waals surface area (Å²) in [4.78, 5) is 11.7. The van der Waals surface area contributed by atoms with E-state index >= 15 is 0 Å². The first-order valence-electron chi connectivity index (χ1n) is 6.40. The Morgan fingerprint density at radius 3 is 2.89 bits per heavy atom. The molecular formula is C14H21ClN2O2. The fraction of sp³-hybridized carbons (Fsp3) is 0.500. The number of anilines is 1. The van der Waals surface area contributed by atoms with Gasteiger partial charge in [0.05, 0.1) is 6.54 Å². The summed E-state index contributed by atoms with van der Waals surface area (Å²) in [5.74, 6) is 0.257. The van der Waals surface area contributed by atoms with Gasteiger partial charge in [-0.05, 0) is 43.5 Å². The van der Waals surface area contributed by atoms with Crippen molar-refractivity contribution in [1.82, 2.24) is 5.32 Å². The van der Waals surface area contributed by atoms with E-state index in [1.807, 2.05) is 19.9 Å². The number of aryl methyl sites for hydroxylation is 1. The number of benzene rings is 1. The van der Waals surface area contributed by atoms with Crippen LogP contribution in [0.5, 0.6) is 0 Å². The number of nitrogens with one attached hydrogen (secondary N) is 2. The molecule has 3 N–H and O–H groups in total. The fourth-order valence-corrected chi connectivity index (χ4v) is 1.85. The molecule has 1 unspecified atom stereocenters. The Bertz CT molecular complexity index is 424. The highest BCUT2D eigenvalue weighted by Crippen LogP contribution is 2.19. The lowest BCUT2D eigenvalue weighted by molar-refractivity contribution is -0.115. The van der Waals surface area contributed by atoms with Crippen LogP contribution in [0.4, 0.5) is 5.69 Å². The van der Waals surface area contributed by atoms with E-state index in [0.29, 0.717) is 17.5 Å². The zero-order chi connectivity index (χ0) is 14.3. The van der Waals surface area contributed by atoms with Crippen molar-refractivity contribution in [3.63, 3.8) is 0 Å². The summed E-state index contributed by atoms with van der Waals surface area (Å²) in [6.45, 7) is 5.09. The second kappa shape index (κ2) is 8.15. The number of aliphatic hydroxyl groups is 1. The summed E-state index contributed by atoms with van der Waals surface area (Å²) in [6, 6.07) is 5.40. The quantitative estimate of drug-likeness (QED) is 0.719. The minimum Gasteiger partial charge on any atom is -0.396 e. The highest BCUT2D eigenvalue weighted by molar-refractivity contribution is 6.31. The number of aliphatic hydroxyl groups excluding tert-OH is 1. The molecule has 5 heteroatoms. The highest BCUT2D eigenvalue weighted by Gasteiger charge is 2.06. The third-order valence-corrected chi connectivity index (χ3v) is 3.11. The maximum absolute atomic E-state index is 11.7. The number of carbonyl (C=O) groups is 1. The minimum atomic E-state index is -0.0958. The fourth-order valence-electron chi connectivity index (χ4n) is 1.68. The van der Waals surface area contributed by atoms with Gasteiger partial charge >= 0.3 is 0 Å². The van der Waals surface area contributed by atoms with Crippen LogP contribution >= 0.6 is 11.6 Å². The molecule has 0 radical (unpaired) electrons. The third kappa shape index (κ3) is 6.05. The lowest BCUT2D eigenvalue weighted by atomic mass is 10.1. The van der Waals surface area contributed by atoms with Crippen LogP contribution in [-0.2, 0) is 4.79 Å². The number of rotatable bonds is 7. The van der Waals surface area contributed by atoms with Crippen LogP contribution < -0.4 is 10.6 Å². The van der Waals surface area contributed by atoms with Crippen LogP contribution in [0.2, 0.25) is 5.02 Å². The Balaban J connectivity index is 2.37. The molecule has 1 aromatic carbocycles. The first kappa shape index (κ1) is 16.0. The van der Waals surface area contributed by atoms with Crippen LogP contribution in [0.15, 0.2) is 18.2 Å². The first-order valence-corrected chi connectivity index (χ1v) is 6.78. The molecule has 0 aliphatic rings. The van der Waals surface area contributed by atoms with Gasteiger partial charge in [0, 0.05) is 17.3 Å². The summed E-state index contributed by atoms with van der Waals surface area (Å²) >= 11 is 5.89. The number of halogens is 1. The van der Waals surface area contributed by atoms with Crippen LogP contribution in [0.25, 0.3) is 0 Å². The Morgan fingerprint density at radius 1 is 1.47 bits per heavy atom. The molecule has 1 atom stereocenters. The maximum atomic E-state index is 11.7. The van der Waals surface area contributed by atoms with E-state index in [4.69, 9.17) is 16.7 Å². The summed E-state index contributed by atoms with van der Waals surface area (Å²) in [6.07, 6.45) is 0.738. The van der Waals surface area contributed by atoms with Crippen molar-refractivity contribution >= 4 is 23.2 Å². The molecule has 0 aliphatic carbocycles. The topological polar surface area (TPSA) is 61.4 Å². The van der Waals surface area contributed by atoms with Crippen molar-refractivity contribution in [2.45, 2.75) is 20.3 Å². The largest absolute Gasteiger partial charge is 0.396 e. The summed E-state index contributed by atoms with van der Waals surface area (Å²) in [5, 5.41) is 15.3. The van der Waals surface area contributed by atoms with E-state index in [2.05, 4.69) is 10.6 Å². The minimum absolute atomic E-state index is 0.0958. The normalized spacial score (nSPS) is 12.2. The molecule has 0 aromatic heterocycles. The first-order chi connectivity index (χ1) is 9.02. The molecule has 0 fully saturated rings. The standard InChI is InChI=1S/C14H21ClN2O2/c1-10(5-6-18)8-16-9-14(19)17-13-7-12(15)4-3-11(13)2/h3-4,7,10,16,18H,5-6,8-9H2,1-2H3,(H,17,19). The second-order valence-electron chi connectivity index (χ2n) is 4.76. The van der Waals surface area contributed by atoms with E-state index in [1.54, 1.807) is 12.1 Å². The molecule has 1 aromatic rings. The van der Waals surface area contributed by atoms with Gasteiger partial charge in [0.15, 0.2) is 0 Å². The lowest BCUT2D eigenvalue weighted by Crippen LogP contribution is -2.31. The van der Waals surface area contributed by atoms with Crippen molar-refractivity contribution < 1.29 is 9.90 Å². The van der Waals surface area contributed by atoms with E-state index in [0.717, 1.165) is 17.7 Å². The van der Waals surface area contributed by atoms with Crippen molar-refractivity contribution in [3.8, 4) is 0 Å². The highest BCUT2D eigenvalue weighted by atomic mass is 35.5. The SMILES string of the molecule is Cc1ccc(Cl)cc1NC(=O)CNCC(C)CCO. The zero-order valence-electron chi connectivity index (χ0n) is 11.4. The van der Waals surface area contributed by atoms with Crippen molar-refractivity contribution in [1.29, 1.82) is 0 Å². The molecule has 19 heavy (non-hydrogen) atoms. The van der Waals surface area contributed by atoms with Gasteiger partial charge in [0.2, 0.25) is 5.91 Å². The number of hydrogen-bond donors (Lipinski definition) is 3. The van der Waals surface area contributed by atoms with Crippen LogP contribution in [0.1, 0.15) is 18.9 Å². The zero-order valence-corrected chi connectivity index (χ0v) is 12.1. The smallest absolute Gasteiger partial charge is 0.238 e. The molecular weight excluding hydrogens is 264 g/mol. The van der Waals surface area contributed by atoms with Gasteiger partial charge in [0.25, 0.3) is 0 Å². The summed E-state index contributed by atoms with van der Waals surface area (Å²) < 4.78 is 0. The van der Waals surface area contributed by atoms with Gasteiger partial charge in [-0.3, -0.25) is 4.79 Å². The monoisotopic (exact) mass is 284 g/mol. The van der Waals surface area contributed by atoms with Gasteiger partial charge in [-0.15, -0.1) is 0 Å². The third-order valence-electron chi connectivity index (χ3n) is 2.87. The van der Waals surface area contributed by atoms with Crippen LogP contribution in [-0.4, -0.2) is 30.7 Å². The predicted octanol–water partition coefficient (Wildman–Crippen LogP) is 2.20. The van der Waals surface area contributed by atoms with Gasteiger partial charge in [0.1, 0.15) is 0 Å². The average Bonchev–Trinajstić information content (AvgIpc) is 2.34. The molecule has 106 valence electrons. The molecule has 0 aliphatic heterocycles. The van der Waals surface area contributed by atoms with E-state index in [1.165, 1.54) is 0 Å². The van der Waals surface area contributed by atoms with Gasteiger partial charge < -0.3 is 15.7 Å². The molecule has 1 amide bonds. The van der Waals surface area contributed by atoms with E-state index in [9.17, 15) is 4.79 Å². The Morgan fingerprint density at radius 2 is 2.21 bits per heavy atom. The molecule has 0 bridgehead atoms. The van der Waals surface area contributed by atoms with Crippen molar-refractivity contribution in [3.05, 3.63) is 28.8 Å². The number of carbonyl (C=O) groups excluding carboxylic acids is 1. The molecule has 0 saturated carbocycles. The van der Waals surface area contributed by atoms with Gasteiger partial charge in [-0.25, -0.2) is 0 Å². The maximum Gasteiger partial charge on any atom is 0.238 e. The van der Waals surface area contributed by atoms with Crippen LogP contribution in [0, 0.1) is 12.8 Å². The van der Waals surface area contributed by atoms with E-state index < -0.39 is 0 Å². The molecule has 0 heterocycles. The molecule has 0 spiro atoms. The molecule has 0 saturated heterocycles. The Hall–Kier alpha value is -1.10. The summed E-state index contributed by atoms with van der Waals surface area (Å²) in [5.41, 5.74) is 1.72. The number of hydrogen-bond acceptors (Lipinski definition) is 3.